The molecule has 1 amide bonds. The number of nitrogen functional groups attached to an aromatic ring is 1. The lowest BCUT2D eigenvalue weighted by Gasteiger charge is -2.07. The molecule has 2 rings (SSSR count). The van der Waals surface area contributed by atoms with E-state index in [9.17, 15) is 4.79 Å². The van der Waals surface area contributed by atoms with Crippen molar-refractivity contribution in [2.45, 2.75) is 11.6 Å². The maximum Gasteiger partial charge on any atom is 0.225 e. The molecule has 0 radical (unpaired) electrons. The van der Waals surface area contributed by atoms with E-state index in [-0.39, 0.29) is 5.91 Å². The molecule has 0 aliphatic heterocycles. The third kappa shape index (κ3) is 4.15. The summed E-state index contributed by atoms with van der Waals surface area (Å²) in [6.07, 6.45) is 1.78. The Morgan fingerprint density at radius 2 is 2.37 bits per heavy atom. The summed E-state index contributed by atoms with van der Waals surface area (Å²) in [6, 6.07) is 4.96. The minimum atomic E-state index is -0.112. The van der Waals surface area contributed by atoms with Gasteiger partial charge < -0.3 is 11.1 Å². The predicted molar refractivity (Wildman–Crippen MR) is 76.2 cm³/mol. The number of H-pyrrole nitrogens is 1. The van der Waals surface area contributed by atoms with Gasteiger partial charge in [-0.2, -0.15) is 5.10 Å². The molecule has 1 aromatic heterocycles. The van der Waals surface area contributed by atoms with Crippen LogP contribution in [0.25, 0.3) is 0 Å². The summed E-state index contributed by atoms with van der Waals surface area (Å²) < 4.78 is 0. The molecule has 2 aromatic rings. The fraction of sp³-hybridized carbons (Fsp3) is 0.182. The number of amides is 1. The zero-order valence-corrected chi connectivity index (χ0v) is 11.5. The lowest BCUT2D eigenvalue weighted by atomic mass is 10.3. The summed E-state index contributed by atoms with van der Waals surface area (Å²) in [4.78, 5) is 15.7. The average Bonchev–Trinajstić information content (AvgIpc) is 2.86. The average molecular weight is 298 g/mol. The van der Waals surface area contributed by atoms with Gasteiger partial charge in [-0.1, -0.05) is 23.4 Å². The van der Waals surface area contributed by atoms with Crippen LogP contribution in [0.2, 0.25) is 5.02 Å². The number of benzene rings is 1. The van der Waals surface area contributed by atoms with Gasteiger partial charge in [-0.05, 0) is 18.2 Å². The SMILES string of the molecule is Nc1ccc(NC(=O)CCSc2ncn[nH]2)c(Cl)c1. The molecule has 0 aliphatic rings. The van der Waals surface area contributed by atoms with E-state index in [1.165, 1.54) is 18.1 Å². The number of hydrogen-bond donors (Lipinski definition) is 3. The first-order chi connectivity index (χ1) is 9.15. The highest BCUT2D eigenvalue weighted by Gasteiger charge is 2.07. The van der Waals surface area contributed by atoms with Crippen molar-refractivity contribution < 1.29 is 4.79 Å². The number of aromatic nitrogens is 3. The maximum absolute atomic E-state index is 11.7. The molecule has 0 spiro atoms. The van der Waals surface area contributed by atoms with Gasteiger partial charge in [-0.3, -0.25) is 9.89 Å². The van der Waals surface area contributed by atoms with Crippen LogP contribution in [0, 0.1) is 0 Å². The van der Waals surface area contributed by atoms with Crippen LogP contribution in [0.1, 0.15) is 6.42 Å². The topological polar surface area (TPSA) is 96.7 Å². The van der Waals surface area contributed by atoms with Crippen molar-refractivity contribution in [1.29, 1.82) is 0 Å². The highest BCUT2D eigenvalue weighted by molar-refractivity contribution is 7.99. The van der Waals surface area contributed by atoms with Crippen LogP contribution in [0.15, 0.2) is 29.7 Å². The molecule has 1 heterocycles. The van der Waals surface area contributed by atoms with Gasteiger partial charge in [0.1, 0.15) is 6.33 Å². The number of carbonyl (C=O) groups is 1. The van der Waals surface area contributed by atoms with Gasteiger partial charge in [0.05, 0.1) is 10.7 Å². The molecule has 19 heavy (non-hydrogen) atoms. The van der Waals surface area contributed by atoms with Gasteiger partial charge in [-0.15, -0.1) is 0 Å². The van der Waals surface area contributed by atoms with Gasteiger partial charge in [0.2, 0.25) is 5.91 Å². The fourth-order valence-corrected chi connectivity index (χ4v) is 2.31. The van der Waals surface area contributed by atoms with E-state index in [1.807, 2.05) is 0 Å². The van der Waals surface area contributed by atoms with Crippen LogP contribution in [0.5, 0.6) is 0 Å². The van der Waals surface area contributed by atoms with Crippen molar-refractivity contribution >= 4 is 40.6 Å². The van der Waals surface area contributed by atoms with Crippen LogP contribution < -0.4 is 11.1 Å². The number of aromatic amines is 1. The van der Waals surface area contributed by atoms with E-state index in [0.717, 1.165) is 0 Å². The minimum Gasteiger partial charge on any atom is -0.399 e. The van der Waals surface area contributed by atoms with Crippen molar-refractivity contribution in [1.82, 2.24) is 15.2 Å². The predicted octanol–water partition coefficient (Wildman–Crippen LogP) is 2.16. The van der Waals surface area contributed by atoms with E-state index in [1.54, 1.807) is 18.2 Å². The molecule has 0 aliphatic carbocycles. The Kier molecular flexibility index (Phi) is 4.64. The first-order valence-electron chi connectivity index (χ1n) is 5.48. The summed E-state index contributed by atoms with van der Waals surface area (Å²) in [5.41, 5.74) is 6.70. The quantitative estimate of drug-likeness (QED) is 0.580. The molecule has 8 heteroatoms. The number of anilines is 2. The molecule has 6 nitrogen and oxygen atoms in total. The third-order valence-corrected chi connectivity index (χ3v) is 3.42. The fourth-order valence-electron chi connectivity index (χ4n) is 1.35. The summed E-state index contributed by atoms with van der Waals surface area (Å²) in [5.74, 6) is 0.492. The Morgan fingerprint density at radius 1 is 1.53 bits per heavy atom. The second kappa shape index (κ2) is 6.44. The Hall–Kier alpha value is -1.73. The number of rotatable bonds is 5. The zero-order chi connectivity index (χ0) is 13.7. The van der Waals surface area contributed by atoms with Crippen LogP contribution in [-0.2, 0) is 4.79 Å². The van der Waals surface area contributed by atoms with Crippen LogP contribution in [0.3, 0.4) is 0 Å². The number of thioether (sulfide) groups is 1. The van der Waals surface area contributed by atoms with Gasteiger partial charge in [0, 0.05) is 17.9 Å². The second-order valence-corrected chi connectivity index (χ2v) is 5.17. The first-order valence-corrected chi connectivity index (χ1v) is 6.84. The molecule has 0 saturated heterocycles. The number of nitrogens with two attached hydrogens (primary N) is 1. The van der Waals surface area contributed by atoms with E-state index in [4.69, 9.17) is 17.3 Å². The molecular formula is C11H12ClN5OS. The minimum absolute atomic E-state index is 0.112. The van der Waals surface area contributed by atoms with E-state index >= 15 is 0 Å². The Balaban J connectivity index is 1.80. The highest BCUT2D eigenvalue weighted by Crippen LogP contribution is 2.24. The molecule has 0 saturated carbocycles. The van der Waals surface area contributed by atoms with E-state index in [0.29, 0.717) is 33.7 Å². The normalized spacial score (nSPS) is 10.4. The number of nitrogens with one attached hydrogen (secondary N) is 2. The van der Waals surface area contributed by atoms with Crippen molar-refractivity contribution in [2.24, 2.45) is 0 Å². The van der Waals surface area contributed by atoms with Crippen LogP contribution in [0.4, 0.5) is 11.4 Å². The number of halogens is 1. The molecule has 0 bridgehead atoms. The second-order valence-electron chi connectivity index (χ2n) is 3.68. The van der Waals surface area contributed by atoms with E-state index in [2.05, 4.69) is 20.5 Å². The van der Waals surface area contributed by atoms with Crippen molar-refractivity contribution in [3.8, 4) is 0 Å². The largest absolute Gasteiger partial charge is 0.399 e. The lowest BCUT2D eigenvalue weighted by molar-refractivity contribution is -0.115. The molecule has 100 valence electrons. The Morgan fingerprint density at radius 3 is 3.05 bits per heavy atom. The molecule has 0 atom stereocenters. The molecule has 1 aromatic carbocycles. The summed E-state index contributed by atoms with van der Waals surface area (Å²) in [6.45, 7) is 0. The lowest BCUT2D eigenvalue weighted by Crippen LogP contribution is -2.12. The van der Waals surface area contributed by atoms with Crippen LogP contribution >= 0.6 is 23.4 Å². The summed E-state index contributed by atoms with van der Waals surface area (Å²) >= 11 is 7.40. The van der Waals surface area contributed by atoms with Crippen molar-refractivity contribution in [3.05, 3.63) is 29.5 Å². The molecule has 4 N–H and O–H groups in total. The number of hydrogen-bond acceptors (Lipinski definition) is 5. The number of carbonyl (C=O) groups excluding carboxylic acids is 1. The van der Waals surface area contributed by atoms with Crippen molar-refractivity contribution in [3.63, 3.8) is 0 Å². The third-order valence-electron chi connectivity index (χ3n) is 2.23. The van der Waals surface area contributed by atoms with Gasteiger partial charge in [-0.25, -0.2) is 4.98 Å². The summed E-state index contributed by atoms with van der Waals surface area (Å²) in [7, 11) is 0. The Labute approximate surface area is 119 Å². The van der Waals surface area contributed by atoms with Gasteiger partial charge in [0.15, 0.2) is 5.16 Å². The molecule has 0 fully saturated rings. The number of nitrogens with zero attached hydrogens (tertiary/aromatic N) is 2. The zero-order valence-electron chi connectivity index (χ0n) is 9.89. The van der Waals surface area contributed by atoms with Crippen molar-refractivity contribution in [2.75, 3.05) is 16.8 Å². The van der Waals surface area contributed by atoms with Crippen LogP contribution in [-0.4, -0.2) is 26.8 Å². The first kappa shape index (κ1) is 13.7. The van der Waals surface area contributed by atoms with E-state index < -0.39 is 0 Å². The van der Waals surface area contributed by atoms with Gasteiger partial charge in [0.25, 0.3) is 0 Å². The standard InChI is InChI=1S/C11H12ClN5OS/c12-8-5-7(13)1-2-9(8)16-10(18)3-4-19-11-14-6-15-17-11/h1-2,5-6H,3-4,13H2,(H,16,18)(H,14,15,17). The Bertz CT molecular complexity index is 560. The monoisotopic (exact) mass is 297 g/mol. The maximum atomic E-state index is 11.7. The smallest absolute Gasteiger partial charge is 0.225 e. The summed E-state index contributed by atoms with van der Waals surface area (Å²) in [5, 5.41) is 10.3. The molecular weight excluding hydrogens is 286 g/mol. The van der Waals surface area contributed by atoms with Gasteiger partial charge >= 0.3 is 0 Å². The molecule has 0 unspecified atom stereocenters. The highest BCUT2D eigenvalue weighted by atomic mass is 35.5.